The topological polar surface area (TPSA) is 58.2 Å². The second-order valence-electron chi connectivity index (χ2n) is 5.42. The number of halogens is 2. The Morgan fingerprint density at radius 2 is 1.74 bits per heavy atom. The molecule has 1 saturated carbocycles. The van der Waals surface area contributed by atoms with Crippen LogP contribution in [0.5, 0.6) is 0 Å². The highest BCUT2D eigenvalue weighted by atomic mass is 35.5. The van der Waals surface area contributed by atoms with Crippen LogP contribution in [0.2, 0.25) is 5.02 Å². The van der Waals surface area contributed by atoms with E-state index < -0.39 is 11.7 Å². The molecule has 0 bridgehead atoms. The van der Waals surface area contributed by atoms with Crippen LogP contribution >= 0.6 is 11.6 Å². The standard InChI is InChI=1S/C17H14ClFN2O2/c18-12-5-8-15(14(19)9-12)21-17(23)11-3-6-13(7-4-11)20-16(22)10-1-2-10/h3-10H,1-2H2,(H,20,22)(H,21,23). The van der Waals surface area contributed by atoms with E-state index in [1.807, 2.05) is 0 Å². The van der Waals surface area contributed by atoms with Crippen molar-refractivity contribution in [1.82, 2.24) is 0 Å². The van der Waals surface area contributed by atoms with E-state index in [0.717, 1.165) is 18.9 Å². The van der Waals surface area contributed by atoms with E-state index in [1.165, 1.54) is 12.1 Å². The van der Waals surface area contributed by atoms with Crippen LogP contribution in [0.1, 0.15) is 23.2 Å². The quantitative estimate of drug-likeness (QED) is 0.886. The van der Waals surface area contributed by atoms with Crippen LogP contribution < -0.4 is 10.6 Å². The summed E-state index contributed by atoms with van der Waals surface area (Å²) in [7, 11) is 0. The summed E-state index contributed by atoms with van der Waals surface area (Å²) < 4.78 is 13.7. The van der Waals surface area contributed by atoms with Gasteiger partial charge in [0.05, 0.1) is 5.69 Å². The molecule has 4 nitrogen and oxygen atoms in total. The highest BCUT2D eigenvalue weighted by Gasteiger charge is 2.29. The van der Waals surface area contributed by atoms with Gasteiger partial charge in [-0.2, -0.15) is 0 Å². The Morgan fingerprint density at radius 3 is 2.35 bits per heavy atom. The van der Waals surface area contributed by atoms with Crippen molar-refractivity contribution in [3.8, 4) is 0 Å². The van der Waals surface area contributed by atoms with Gasteiger partial charge in [0.2, 0.25) is 5.91 Å². The van der Waals surface area contributed by atoms with Gasteiger partial charge in [0.15, 0.2) is 0 Å². The minimum absolute atomic E-state index is 0.00503. The van der Waals surface area contributed by atoms with Crippen molar-refractivity contribution in [2.45, 2.75) is 12.8 Å². The summed E-state index contributed by atoms with van der Waals surface area (Å²) in [6.07, 6.45) is 1.86. The first-order chi connectivity index (χ1) is 11.0. The molecule has 1 aliphatic rings. The molecule has 0 aromatic heterocycles. The normalized spacial score (nSPS) is 13.5. The lowest BCUT2D eigenvalue weighted by Crippen LogP contribution is -2.15. The fourth-order valence-corrected chi connectivity index (χ4v) is 2.24. The van der Waals surface area contributed by atoms with Crippen molar-refractivity contribution in [2.75, 3.05) is 10.6 Å². The smallest absolute Gasteiger partial charge is 0.255 e. The molecule has 2 aromatic rings. The summed E-state index contributed by atoms with van der Waals surface area (Å²) >= 11 is 5.67. The third-order valence-corrected chi connectivity index (χ3v) is 3.78. The summed E-state index contributed by atoms with van der Waals surface area (Å²) in [6, 6.07) is 10.5. The van der Waals surface area contributed by atoms with Gasteiger partial charge in [-0.05, 0) is 55.3 Å². The van der Waals surface area contributed by atoms with E-state index in [4.69, 9.17) is 11.6 Å². The van der Waals surface area contributed by atoms with Gasteiger partial charge >= 0.3 is 0 Å². The predicted octanol–water partition coefficient (Wildman–Crippen LogP) is 4.08. The molecule has 0 unspecified atom stereocenters. The van der Waals surface area contributed by atoms with Gasteiger partial charge in [0, 0.05) is 22.2 Å². The molecule has 2 N–H and O–H groups in total. The second-order valence-corrected chi connectivity index (χ2v) is 5.86. The summed E-state index contributed by atoms with van der Waals surface area (Å²) in [5.41, 5.74) is 1.06. The lowest BCUT2D eigenvalue weighted by atomic mass is 10.2. The van der Waals surface area contributed by atoms with Gasteiger partial charge < -0.3 is 10.6 Å². The molecule has 1 fully saturated rings. The maximum atomic E-state index is 13.7. The average molecular weight is 333 g/mol. The lowest BCUT2D eigenvalue weighted by molar-refractivity contribution is -0.117. The van der Waals surface area contributed by atoms with Crippen molar-refractivity contribution in [1.29, 1.82) is 0 Å². The van der Waals surface area contributed by atoms with Crippen molar-refractivity contribution < 1.29 is 14.0 Å². The van der Waals surface area contributed by atoms with E-state index in [2.05, 4.69) is 10.6 Å². The highest BCUT2D eigenvalue weighted by Crippen LogP contribution is 2.30. The van der Waals surface area contributed by atoms with E-state index in [0.29, 0.717) is 11.3 Å². The molecule has 0 saturated heterocycles. The minimum Gasteiger partial charge on any atom is -0.326 e. The number of anilines is 2. The van der Waals surface area contributed by atoms with Gasteiger partial charge in [0.25, 0.3) is 5.91 Å². The molecule has 0 radical (unpaired) electrons. The lowest BCUT2D eigenvalue weighted by Gasteiger charge is -2.08. The maximum absolute atomic E-state index is 13.7. The number of hydrogen-bond acceptors (Lipinski definition) is 2. The molecule has 1 aliphatic carbocycles. The fourth-order valence-electron chi connectivity index (χ4n) is 2.08. The van der Waals surface area contributed by atoms with Crippen LogP contribution in [0.3, 0.4) is 0 Å². The summed E-state index contributed by atoms with van der Waals surface area (Å²) in [5, 5.41) is 5.53. The Hall–Kier alpha value is -2.40. The molecule has 0 aliphatic heterocycles. The Bertz CT molecular complexity index is 758. The Kier molecular flexibility index (Phi) is 4.30. The van der Waals surface area contributed by atoms with Crippen LogP contribution in [0, 0.1) is 11.7 Å². The first-order valence-corrected chi connectivity index (χ1v) is 7.58. The van der Waals surface area contributed by atoms with Crippen molar-refractivity contribution in [3.63, 3.8) is 0 Å². The molecule has 2 amide bonds. The molecule has 118 valence electrons. The van der Waals surface area contributed by atoms with Crippen LogP contribution in [-0.4, -0.2) is 11.8 Å². The van der Waals surface area contributed by atoms with Crippen LogP contribution in [-0.2, 0) is 4.79 Å². The maximum Gasteiger partial charge on any atom is 0.255 e. The third-order valence-electron chi connectivity index (χ3n) is 3.54. The van der Waals surface area contributed by atoms with E-state index in [-0.39, 0.29) is 22.5 Å². The van der Waals surface area contributed by atoms with Gasteiger partial charge in [-0.15, -0.1) is 0 Å². The van der Waals surface area contributed by atoms with Gasteiger partial charge in [-0.25, -0.2) is 4.39 Å². The van der Waals surface area contributed by atoms with Crippen LogP contribution in [0.25, 0.3) is 0 Å². The van der Waals surface area contributed by atoms with Crippen molar-refractivity contribution >= 4 is 34.8 Å². The van der Waals surface area contributed by atoms with Crippen molar-refractivity contribution in [2.24, 2.45) is 5.92 Å². The average Bonchev–Trinajstić information content (AvgIpc) is 3.35. The summed E-state index contributed by atoms with van der Waals surface area (Å²) in [6.45, 7) is 0. The fraction of sp³-hybridized carbons (Fsp3) is 0.176. The summed E-state index contributed by atoms with van der Waals surface area (Å²) in [4.78, 5) is 23.8. The molecule has 0 atom stereocenters. The van der Waals surface area contributed by atoms with E-state index in [9.17, 15) is 14.0 Å². The van der Waals surface area contributed by atoms with Gasteiger partial charge in [-0.3, -0.25) is 9.59 Å². The van der Waals surface area contributed by atoms with Crippen LogP contribution in [0.4, 0.5) is 15.8 Å². The van der Waals surface area contributed by atoms with Crippen molar-refractivity contribution in [3.05, 3.63) is 58.9 Å². The molecular weight excluding hydrogens is 319 g/mol. The van der Waals surface area contributed by atoms with Gasteiger partial charge in [0.1, 0.15) is 5.82 Å². The minimum atomic E-state index is -0.598. The third kappa shape index (κ3) is 3.87. The number of amides is 2. The predicted molar refractivity (Wildman–Crippen MR) is 87.2 cm³/mol. The Labute approximate surface area is 137 Å². The number of carbonyl (C=O) groups excluding carboxylic acids is 2. The van der Waals surface area contributed by atoms with E-state index in [1.54, 1.807) is 24.3 Å². The zero-order valence-electron chi connectivity index (χ0n) is 12.1. The van der Waals surface area contributed by atoms with E-state index >= 15 is 0 Å². The first-order valence-electron chi connectivity index (χ1n) is 7.20. The molecular formula is C17H14ClFN2O2. The molecule has 0 spiro atoms. The molecule has 23 heavy (non-hydrogen) atoms. The Morgan fingerprint density at radius 1 is 1.04 bits per heavy atom. The van der Waals surface area contributed by atoms with Gasteiger partial charge in [-0.1, -0.05) is 11.6 Å². The Balaban J connectivity index is 1.66. The molecule has 3 rings (SSSR count). The largest absolute Gasteiger partial charge is 0.326 e. The van der Waals surface area contributed by atoms with Crippen LogP contribution in [0.15, 0.2) is 42.5 Å². The first kappa shape index (κ1) is 15.5. The number of benzene rings is 2. The molecule has 2 aromatic carbocycles. The zero-order valence-corrected chi connectivity index (χ0v) is 12.9. The second kappa shape index (κ2) is 6.38. The number of nitrogens with one attached hydrogen (secondary N) is 2. The molecule has 0 heterocycles. The number of rotatable bonds is 4. The molecule has 6 heteroatoms. The monoisotopic (exact) mass is 332 g/mol. The zero-order chi connectivity index (χ0) is 16.4. The highest BCUT2D eigenvalue weighted by molar-refractivity contribution is 6.30. The SMILES string of the molecule is O=C(Nc1ccc(Cl)cc1F)c1ccc(NC(=O)C2CC2)cc1. The number of hydrogen-bond donors (Lipinski definition) is 2. The number of carbonyl (C=O) groups is 2. The summed E-state index contributed by atoms with van der Waals surface area (Å²) in [5.74, 6) is -0.915.